The molecule has 0 amide bonds. The third-order valence-corrected chi connectivity index (χ3v) is 4.31. The molecule has 3 rings (SSSR count). The molecule has 0 aliphatic carbocycles. The van der Waals surface area contributed by atoms with Crippen molar-refractivity contribution >= 4 is 17.0 Å². The lowest BCUT2D eigenvalue weighted by molar-refractivity contribution is -0.145. The van der Waals surface area contributed by atoms with Crippen molar-refractivity contribution in [3.8, 4) is 0 Å². The normalized spacial score (nSPS) is 11.0. The zero-order chi connectivity index (χ0) is 17.8. The molecule has 0 saturated carbocycles. The van der Waals surface area contributed by atoms with E-state index in [0.29, 0.717) is 6.54 Å². The molecule has 0 atom stereocenters. The fourth-order valence-corrected chi connectivity index (χ4v) is 2.97. The Bertz CT molecular complexity index is 953. The van der Waals surface area contributed by atoms with Crippen LogP contribution in [0.15, 0.2) is 53.3 Å². The first-order chi connectivity index (χ1) is 12.1. The lowest BCUT2D eigenvalue weighted by Gasteiger charge is -2.08. The number of rotatable bonds is 6. The quantitative estimate of drug-likeness (QED) is 0.648. The van der Waals surface area contributed by atoms with Crippen LogP contribution in [-0.2, 0) is 29.2 Å². The third kappa shape index (κ3) is 3.50. The van der Waals surface area contributed by atoms with Crippen molar-refractivity contribution in [1.29, 1.82) is 0 Å². The third-order valence-electron chi connectivity index (χ3n) is 4.31. The van der Waals surface area contributed by atoms with Gasteiger partial charge in [-0.15, -0.1) is 0 Å². The second-order valence-electron chi connectivity index (χ2n) is 6.10. The summed E-state index contributed by atoms with van der Waals surface area (Å²) in [4.78, 5) is 24.9. The minimum absolute atomic E-state index is 0.0814. The fraction of sp³-hybridized carbons (Fsp3) is 0.300. The number of carbonyl (C=O) groups excluding carboxylic acids is 1. The molecule has 2 aromatic carbocycles. The molecule has 0 unspecified atom stereocenters. The Morgan fingerprint density at radius 3 is 2.32 bits per heavy atom. The summed E-state index contributed by atoms with van der Waals surface area (Å²) in [6.07, 6.45) is 0.853. The minimum Gasteiger partial charge on any atom is -0.459 e. The van der Waals surface area contributed by atoms with E-state index in [2.05, 4.69) is 0 Å². The van der Waals surface area contributed by atoms with Gasteiger partial charge in [0.25, 0.3) is 0 Å². The molecule has 0 aliphatic heterocycles. The fourth-order valence-electron chi connectivity index (χ4n) is 2.97. The van der Waals surface area contributed by atoms with Gasteiger partial charge in [0.1, 0.15) is 13.2 Å². The van der Waals surface area contributed by atoms with E-state index >= 15 is 0 Å². The first-order valence-corrected chi connectivity index (χ1v) is 8.50. The molecule has 0 radical (unpaired) electrons. The molecule has 5 nitrogen and oxygen atoms in total. The number of fused-ring (bicyclic) bond motifs is 1. The standard InChI is InChI=1S/C20H22N2O3/c1-3-12-21-17-10-6-7-11-18(17)22(20(21)24)13-19(23)25-14-16-9-5-4-8-15(16)2/h4-11H,3,12-14H2,1-2H3. The van der Waals surface area contributed by atoms with Crippen LogP contribution in [0.4, 0.5) is 0 Å². The lowest BCUT2D eigenvalue weighted by atomic mass is 10.1. The summed E-state index contributed by atoms with van der Waals surface area (Å²) < 4.78 is 8.58. The van der Waals surface area contributed by atoms with Crippen LogP contribution >= 0.6 is 0 Å². The average molecular weight is 338 g/mol. The molecular formula is C20H22N2O3. The van der Waals surface area contributed by atoms with Gasteiger partial charge < -0.3 is 4.74 Å². The number of para-hydroxylation sites is 2. The molecule has 0 N–H and O–H groups in total. The SMILES string of the molecule is CCCn1c(=O)n(CC(=O)OCc2ccccc2C)c2ccccc21. The van der Waals surface area contributed by atoms with E-state index in [1.54, 1.807) is 4.57 Å². The Balaban J connectivity index is 1.81. The summed E-state index contributed by atoms with van der Waals surface area (Å²) >= 11 is 0. The van der Waals surface area contributed by atoms with Crippen LogP contribution in [0.2, 0.25) is 0 Å². The molecule has 25 heavy (non-hydrogen) atoms. The second kappa shape index (κ2) is 7.38. The number of esters is 1. The van der Waals surface area contributed by atoms with Gasteiger partial charge in [0.2, 0.25) is 0 Å². The molecule has 0 saturated heterocycles. The van der Waals surface area contributed by atoms with Crippen LogP contribution in [0.5, 0.6) is 0 Å². The molecule has 130 valence electrons. The molecule has 5 heteroatoms. The maximum absolute atomic E-state index is 12.7. The highest BCUT2D eigenvalue weighted by Gasteiger charge is 2.15. The van der Waals surface area contributed by atoms with E-state index in [-0.39, 0.29) is 18.8 Å². The monoisotopic (exact) mass is 338 g/mol. The van der Waals surface area contributed by atoms with Gasteiger partial charge in [0.05, 0.1) is 11.0 Å². The van der Waals surface area contributed by atoms with Crippen LogP contribution in [0, 0.1) is 6.92 Å². The van der Waals surface area contributed by atoms with Crippen molar-refractivity contribution in [2.24, 2.45) is 0 Å². The number of hydrogen-bond acceptors (Lipinski definition) is 3. The van der Waals surface area contributed by atoms with Gasteiger partial charge in [-0.25, -0.2) is 4.79 Å². The molecule has 0 fully saturated rings. The summed E-state index contributed by atoms with van der Waals surface area (Å²) in [5.74, 6) is -0.412. The first-order valence-electron chi connectivity index (χ1n) is 8.50. The van der Waals surface area contributed by atoms with Crippen molar-refractivity contribution in [2.45, 2.75) is 40.0 Å². The zero-order valence-electron chi connectivity index (χ0n) is 14.6. The van der Waals surface area contributed by atoms with Gasteiger partial charge in [0, 0.05) is 6.54 Å². The van der Waals surface area contributed by atoms with Gasteiger partial charge in [-0.2, -0.15) is 0 Å². The number of hydrogen-bond donors (Lipinski definition) is 0. The molecule has 0 spiro atoms. The molecule has 1 aromatic heterocycles. The Morgan fingerprint density at radius 1 is 1.00 bits per heavy atom. The predicted molar refractivity (Wildman–Crippen MR) is 97.5 cm³/mol. The minimum atomic E-state index is -0.412. The number of imidazole rings is 1. The highest BCUT2D eigenvalue weighted by molar-refractivity contribution is 5.78. The largest absolute Gasteiger partial charge is 0.459 e. The van der Waals surface area contributed by atoms with Gasteiger partial charge in [-0.3, -0.25) is 13.9 Å². The van der Waals surface area contributed by atoms with Crippen molar-refractivity contribution in [2.75, 3.05) is 0 Å². The topological polar surface area (TPSA) is 53.2 Å². The van der Waals surface area contributed by atoms with E-state index in [9.17, 15) is 9.59 Å². The summed E-state index contributed by atoms with van der Waals surface area (Å²) in [6, 6.07) is 15.3. The molecular weight excluding hydrogens is 316 g/mol. The molecule has 0 bridgehead atoms. The number of aromatic nitrogens is 2. The van der Waals surface area contributed by atoms with E-state index in [1.807, 2.05) is 62.4 Å². The van der Waals surface area contributed by atoms with Gasteiger partial charge >= 0.3 is 11.7 Å². The van der Waals surface area contributed by atoms with Gasteiger partial charge in [0.15, 0.2) is 0 Å². The highest BCUT2D eigenvalue weighted by Crippen LogP contribution is 2.14. The number of nitrogens with zero attached hydrogens (tertiary/aromatic N) is 2. The highest BCUT2D eigenvalue weighted by atomic mass is 16.5. The average Bonchev–Trinajstić information content (AvgIpc) is 2.87. The van der Waals surface area contributed by atoms with E-state index < -0.39 is 5.97 Å². The van der Waals surface area contributed by atoms with Gasteiger partial charge in [-0.05, 0) is 36.6 Å². The molecule has 1 heterocycles. The summed E-state index contributed by atoms with van der Waals surface area (Å²) in [5.41, 5.74) is 3.48. The second-order valence-corrected chi connectivity index (χ2v) is 6.10. The summed E-state index contributed by atoms with van der Waals surface area (Å²) in [5, 5.41) is 0. The predicted octanol–water partition coefficient (Wildman–Crippen LogP) is 3.26. The van der Waals surface area contributed by atoms with Crippen LogP contribution < -0.4 is 5.69 Å². The Morgan fingerprint density at radius 2 is 1.64 bits per heavy atom. The van der Waals surface area contributed by atoms with Crippen LogP contribution in [0.25, 0.3) is 11.0 Å². The number of ether oxygens (including phenoxy) is 1. The Hall–Kier alpha value is -2.82. The summed E-state index contributed by atoms with van der Waals surface area (Å²) in [6.45, 7) is 4.77. The van der Waals surface area contributed by atoms with E-state index in [1.165, 1.54) is 4.57 Å². The van der Waals surface area contributed by atoms with Crippen molar-refractivity contribution in [3.05, 3.63) is 70.1 Å². The molecule has 0 aliphatic rings. The number of benzene rings is 2. The number of carbonyl (C=O) groups is 1. The van der Waals surface area contributed by atoms with Crippen LogP contribution in [0.3, 0.4) is 0 Å². The van der Waals surface area contributed by atoms with E-state index in [4.69, 9.17) is 4.74 Å². The number of aryl methyl sites for hydroxylation is 2. The van der Waals surface area contributed by atoms with Crippen molar-refractivity contribution in [1.82, 2.24) is 9.13 Å². The molecule has 3 aromatic rings. The lowest BCUT2D eigenvalue weighted by Crippen LogP contribution is -2.27. The van der Waals surface area contributed by atoms with Crippen molar-refractivity contribution in [3.63, 3.8) is 0 Å². The Kier molecular flexibility index (Phi) is 5.03. The smallest absolute Gasteiger partial charge is 0.329 e. The summed E-state index contributed by atoms with van der Waals surface area (Å²) in [7, 11) is 0. The van der Waals surface area contributed by atoms with Gasteiger partial charge in [-0.1, -0.05) is 43.3 Å². The maximum atomic E-state index is 12.7. The van der Waals surface area contributed by atoms with E-state index in [0.717, 1.165) is 28.6 Å². The zero-order valence-corrected chi connectivity index (χ0v) is 14.6. The van der Waals surface area contributed by atoms with Crippen LogP contribution in [-0.4, -0.2) is 15.1 Å². The first kappa shape index (κ1) is 17.0. The maximum Gasteiger partial charge on any atom is 0.329 e. The van der Waals surface area contributed by atoms with Crippen LogP contribution in [0.1, 0.15) is 24.5 Å². The van der Waals surface area contributed by atoms with Crippen molar-refractivity contribution < 1.29 is 9.53 Å². The Labute approximate surface area is 146 Å².